The second-order valence-electron chi connectivity index (χ2n) is 39.0. The van der Waals surface area contributed by atoms with Gasteiger partial charge in [-0.1, -0.05) is 280 Å². The van der Waals surface area contributed by atoms with Gasteiger partial charge in [0.2, 0.25) is 22.0 Å². The Morgan fingerprint density at radius 1 is 0.243 bits per heavy atom. The van der Waals surface area contributed by atoms with Gasteiger partial charge in [-0.15, -0.1) is 0 Å². The average Bonchev–Trinajstić information content (AvgIpc) is 0.711. The fourth-order valence-corrected chi connectivity index (χ4v) is 23.5. The first-order chi connectivity index (χ1) is 63.9. The van der Waals surface area contributed by atoms with Crippen LogP contribution >= 0.6 is 0 Å². The van der Waals surface area contributed by atoms with Gasteiger partial charge in [0.05, 0.1) is 0 Å². The van der Waals surface area contributed by atoms with Crippen molar-refractivity contribution in [3.8, 4) is 11.5 Å². The van der Waals surface area contributed by atoms with Gasteiger partial charge in [0.25, 0.3) is 0 Å². The van der Waals surface area contributed by atoms with Gasteiger partial charge in [-0.25, -0.2) is 0 Å². The van der Waals surface area contributed by atoms with E-state index in [1.54, 1.807) is 13.8 Å². The third-order valence-electron chi connectivity index (χ3n) is 27.2. The smallest absolute Gasteiger partial charge is 0.411 e. The number of hydrogen-bond acceptors (Lipinski definition) is 3. The highest BCUT2D eigenvalue weighted by Crippen LogP contribution is 2.57. The molecule has 0 heterocycles. The number of carbonyl (C=O) groups is 1. The Hall–Kier alpha value is -11.5. The second kappa shape index (κ2) is 53.9. The van der Waals surface area contributed by atoms with Gasteiger partial charge < -0.3 is 8.85 Å². The Bertz CT molecular complexity index is 5890. The third-order valence-corrected chi connectivity index (χ3v) is 34.7. The zero-order valence-corrected chi connectivity index (χ0v) is 91.1. The molecule has 0 bridgehead atoms. The molecular weight excluding hydrogens is 1770 g/mol. The number of carbonyl (C=O) groups excluding carboxylic acids is 1. The Morgan fingerprint density at radius 2 is 0.450 bits per heavy atom. The van der Waals surface area contributed by atoms with Gasteiger partial charge in [-0.2, -0.15) is 26.3 Å². The fraction of sp³-hybridized carbons (Fsp3) is 0.341. The number of aryl methyl sites for hydroxylation is 28. The van der Waals surface area contributed by atoms with Crippen LogP contribution in [0.15, 0.2) is 267 Å². The molecule has 0 atom stereocenters. The molecule has 14 rings (SSSR count). The minimum atomic E-state index is -5.55. The molecule has 0 aliphatic heterocycles. The number of ketones is 1. The minimum Gasteiger partial charge on any atom is -0.457 e. The molecule has 0 saturated heterocycles. The minimum absolute atomic E-state index is 0. The van der Waals surface area contributed by atoms with Crippen LogP contribution in [-0.4, -0.2) is 34.8 Å². The molecule has 14 aromatic rings. The van der Waals surface area contributed by atoms with E-state index < -0.39 is 45.5 Å². The number of rotatable bonds is 14. The summed E-state index contributed by atoms with van der Waals surface area (Å²) in [5.74, 6) is 1.90. The summed E-state index contributed by atoms with van der Waals surface area (Å²) in [7, 11) is -3.84. The third kappa shape index (κ3) is 33.9. The molecule has 140 heavy (non-hydrogen) atoms. The summed E-state index contributed by atoms with van der Waals surface area (Å²) < 4.78 is 96.6. The molecule has 3 nitrogen and oxygen atoms in total. The Morgan fingerprint density at radius 3 is 0.686 bits per heavy atom. The fourth-order valence-electron chi connectivity index (χ4n) is 15.4. The van der Waals surface area contributed by atoms with Gasteiger partial charge in [0.15, 0.2) is 5.78 Å². The van der Waals surface area contributed by atoms with Crippen LogP contribution < -0.4 is 15.1 Å². The van der Waals surface area contributed by atoms with Crippen molar-refractivity contribution in [3.05, 3.63) is 467 Å². The van der Waals surface area contributed by atoms with E-state index in [-0.39, 0.29) is 33.5 Å². The molecule has 0 N–H and O–H groups in total. The van der Waals surface area contributed by atoms with Crippen LogP contribution in [0.1, 0.15) is 255 Å². The number of ether oxygens (including phenoxy) is 1. The van der Waals surface area contributed by atoms with E-state index in [9.17, 15) is 31.1 Å². The number of benzene rings is 14. The maximum atomic E-state index is 14.0. The molecule has 14 aromatic carbocycles. The van der Waals surface area contributed by atoms with Crippen molar-refractivity contribution < 1.29 is 40.0 Å². The van der Waals surface area contributed by atoms with Crippen molar-refractivity contribution >= 4 is 32.8 Å². The summed E-state index contributed by atoms with van der Waals surface area (Å²) in [5.41, 5.74) is 35.1. The van der Waals surface area contributed by atoms with Gasteiger partial charge in [0.1, 0.15) is 11.5 Å². The molecule has 0 fully saturated rings. The largest absolute Gasteiger partial charge is 0.457 e. The summed E-state index contributed by atoms with van der Waals surface area (Å²) in [6.45, 7) is 75.4. The van der Waals surface area contributed by atoms with Crippen LogP contribution in [-0.2, 0) is 21.4 Å². The SMILES string of the molecule is C.C.C.CC.Cc1ccc(C(=O)c2ccc(C)c(C)c2)cc1C.Cc1ccc(C(C)(C)c2ccc(C)c(C)c2)cc1C.Cc1ccc(C(c2ccc(C)c(C)c2)(C(F)(F)F)C(F)(F)F)cc1C.Cc1ccc(Cc2ccc(C)c(C)c2)cc1C.Cc1ccc(Oc2ccc(C)c(C)c2)cc1C.Cc1ccc([Si](C)(C)O[Si](C)(C)c2ccc(C)c(C)c2)cc1C.Cc1ccccc1C.Cc1ccccc1C. The predicted molar refractivity (Wildman–Crippen MR) is 601 cm³/mol. The highest BCUT2D eigenvalue weighted by atomic mass is 28.4. The highest BCUT2D eigenvalue weighted by Gasteiger charge is 2.72. The Labute approximate surface area is 845 Å². The van der Waals surface area contributed by atoms with Gasteiger partial charge in [0, 0.05) is 16.5 Å². The molecule has 750 valence electrons. The lowest BCUT2D eigenvalue weighted by Gasteiger charge is -2.38. The molecule has 0 saturated carbocycles. The molecule has 0 aromatic heterocycles. The molecule has 0 spiro atoms. The lowest BCUT2D eigenvalue weighted by Crippen LogP contribution is -2.57. The quantitative estimate of drug-likeness (QED) is 0.0618. The zero-order valence-electron chi connectivity index (χ0n) is 89.1. The van der Waals surface area contributed by atoms with E-state index in [1.165, 1.54) is 181 Å². The van der Waals surface area contributed by atoms with E-state index >= 15 is 0 Å². The summed E-state index contributed by atoms with van der Waals surface area (Å²) in [6, 6.07) is 87.9. The monoisotopic (exact) mass is 1930 g/mol. The van der Waals surface area contributed by atoms with Crippen molar-refractivity contribution in [1.29, 1.82) is 0 Å². The number of halogens is 6. The first-order valence-electron chi connectivity index (χ1n) is 47.9. The predicted octanol–water partition coefficient (Wildman–Crippen LogP) is 37.0. The van der Waals surface area contributed by atoms with Crippen LogP contribution in [0.5, 0.6) is 11.5 Å². The van der Waals surface area contributed by atoms with E-state index in [4.69, 9.17) is 8.85 Å². The van der Waals surface area contributed by atoms with Crippen molar-refractivity contribution in [2.75, 3.05) is 0 Å². The lowest BCUT2D eigenvalue weighted by atomic mass is 9.71. The van der Waals surface area contributed by atoms with Gasteiger partial charge in [-0.05, 0) is 462 Å². The standard InChI is InChI=1S/C20H30OSi2.C19H18F6.C19H24.C17H18O.C17H20.C16H18O.2C8H10.C2H6.3CH4/c1-15-9-11-19(13-17(15)3)22(5,6)21-23(7,8)20-12-10-16(2)18(4)14-20;1-11-5-7-15(9-13(11)3)17(18(20,21)22,19(23,24)25)16-8-6-12(2)14(4)10-16;1-13-7-9-17(11-15(13)3)19(5,6)18-10-8-14(2)16(4)12-18;1-11-5-7-15(9-13(11)3)17(18)16-8-6-12(2)14(4)10-16;1-12-5-7-16(9-14(12)3)11-17-8-6-13(2)15(4)10-17;1-11-5-7-15(9-13(11)3)17-16-8-6-12(2)14(4)10-16;2*1-7-5-3-4-6-8(7)2;1-2;;;/h9-14H,1-8H3;5-10H,1-4H3;7-12H,1-6H3;5-10H,1-4H3;5-10H,11H2,1-4H3;5-10H,1-4H3;2*3-6H,1-2H3;1-2H3;3*1H4. The number of hydrogen-bond donors (Lipinski definition) is 0. The van der Waals surface area contributed by atoms with Crippen LogP contribution in [0.3, 0.4) is 0 Å². The van der Waals surface area contributed by atoms with Crippen LogP contribution in [0.25, 0.3) is 0 Å². The van der Waals surface area contributed by atoms with E-state index in [0.717, 1.165) is 64.4 Å². The summed E-state index contributed by atoms with van der Waals surface area (Å²) in [4.78, 5) is 12.4. The van der Waals surface area contributed by atoms with Crippen LogP contribution in [0.4, 0.5) is 26.3 Å². The molecule has 0 amide bonds. The Balaban J connectivity index is 0.000000417. The highest BCUT2D eigenvalue weighted by molar-refractivity contribution is 6.96. The van der Waals surface area contributed by atoms with E-state index in [1.807, 2.05) is 76.2 Å². The van der Waals surface area contributed by atoms with Crippen molar-refractivity contribution in [3.63, 3.8) is 0 Å². The molecule has 0 unspecified atom stereocenters. The molecule has 11 heteroatoms. The average molecular weight is 1930 g/mol. The van der Waals surface area contributed by atoms with E-state index in [0.29, 0.717) is 22.3 Å². The number of alkyl halides is 6. The summed E-state index contributed by atoms with van der Waals surface area (Å²) in [6.07, 6.45) is -10.1. The van der Waals surface area contributed by atoms with Crippen molar-refractivity contribution in [2.45, 2.75) is 300 Å². The Kier molecular flexibility index (Phi) is 47.3. The van der Waals surface area contributed by atoms with E-state index in [2.05, 4.69) is 374 Å². The van der Waals surface area contributed by atoms with Crippen molar-refractivity contribution in [2.24, 2.45) is 0 Å². The van der Waals surface area contributed by atoms with Gasteiger partial charge in [-0.3, -0.25) is 4.79 Å². The van der Waals surface area contributed by atoms with Crippen molar-refractivity contribution in [1.82, 2.24) is 0 Å². The first kappa shape index (κ1) is 123. The maximum Gasteiger partial charge on any atom is 0.411 e. The maximum absolute atomic E-state index is 14.0. The van der Waals surface area contributed by atoms with Crippen LogP contribution in [0.2, 0.25) is 26.2 Å². The molecule has 0 aliphatic rings. The second-order valence-corrected chi connectivity index (χ2v) is 47.0. The summed E-state index contributed by atoms with van der Waals surface area (Å²) in [5, 5.41) is 2.79. The normalized spacial score (nSPS) is 11.0. The summed E-state index contributed by atoms with van der Waals surface area (Å²) >= 11 is 0. The molecule has 0 radical (unpaired) electrons. The van der Waals surface area contributed by atoms with Crippen LogP contribution in [0, 0.1) is 194 Å². The topological polar surface area (TPSA) is 35.5 Å². The zero-order chi connectivity index (χ0) is 103. The first-order valence-corrected chi connectivity index (χ1v) is 53.7. The van der Waals surface area contributed by atoms with Gasteiger partial charge >= 0.3 is 12.4 Å². The molecular formula is C129H166F6O3Si2. The lowest BCUT2D eigenvalue weighted by molar-refractivity contribution is -0.288. The molecule has 0 aliphatic carbocycles.